The maximum atomic E-state index is 12.8. The summed E-state index contributed by atoms with van der Waals surface area (Å²) in [4.78, 5) is 22.1. The first-order chi connectivity index (χ1) is 13.8. The van der Waals surface area contributed by atoms with Crippen LogP contribution in [0.5, 0.6) is 11.5 Å². The van der Waals surface area contributed by atoms with Gasteiger partial charge in [0, 0.05) is 28.6 Å². The van der Waals surface area contributed by atoms with Crippen molar-refractivity contribution in [1.29, 1.82) is 0 Å². The number of nitrogens with one attached hydrogen (secondary N) is 1. The minimum atomic E-state index is -0.136. The zero-order valence-corrected chi connectivity index (χ0v) is 15.2. The second-order valence-corrected chi connectivity index (χ2v) is 6.95. The third-order valence-corrected chi connectivity index (χ3v) is 5.15. The second kappa shape index (κ2) is 6.96. The lowest BCUT2D eigenvalue weighted by Crippen LogP contribution is -2.31. The number of aryl methyl sites for hydroxylation is 1. The molecule has 2 aromatic carbocycles. The summed E-state index contributed by atoms with van der Waals surface area (Å²) in [6.07, 6.45) is 4.60. The van der Waals surface area contributed by atoms with Crippen LogP contribution < -0.4 is 14.8 Å². The largest absolute Gasteiger partial charge is 0.454 e. The van der Waals surface area contributed by atoms with Gasteiger partial charge in [0.15, 0.2) is 17.3 Å². The summed E-state index contributed by atoms with van der Waals surface area (Å²) in [6.45, 7) is 0.192. The first-order valence-electron chi connectivity index (χ1n) is 9.40. The lowest BCUT2D eigenvalue weighted by Gasteiger charge is -2.25. The fourth-order valence-corrected chi connectivity index (χ4v) is 3.70. The molecule has 5 rings (SSSR count). The molecule has 1 amide bonds. The van der Waals surface area contributed by atoms with Gasteiger partial charge in [-0.25, -0.2) is 9.97 Å². The molecule has 140 valence electrons. The zero-order chi connectivity index (χ0) is 18.9. The number of nitrogens with zero attached hydrogens (tertiary/aromatic N) is 2. The predicted octanol–water partition coefficient (Wildman–Crippen LogP) is 3.68. The van der Waals surface area contributed by atoms with Gasteiger partial charge in [0.1, 0.15) is 0 Å². The molecule has 2 aliphatic rings. The van der Waals surface area contributed by atoms with Crippen molar-refractivity contribution >= 4 is 5.91 Å². The average Bonchev–Trinajstić information content (AvgIpc) is 3.22. The molecule has 1 aliphatic heterocycles. The maximum absolute atomic E-state index is 12.8. The highest BCUT2D eigenvalue weighted by molar-refractivity contribution is 5.95. The lowest BCUT2D eigenvalue weighted by molar-refractivity contribution is 0.0932. The molecule has 6 nitrogen and oxygen atoms in total. The molecule has 1 N–H and O–H groups in total. The van der Waals surface area contributed by atoms with Crippen LogP contribution in [0.25, 0.3) is 11.4 Å². The Kier molecular flexibility index (Phi) is 4.16. The van der Waals surface area contributed by atoms with E-state index in [0.29, 0.717) is 17.1 Å². The quantitative estimate of drug-likeness (QED) is 0.758. The SMILES string of the molecule is O=C(N[C@@H]1CCCc2nc(-c3ccccc3)ncc21)c1ccc2c(c1)OCO2. The van der Waals surface area contributed by atoms with E-state index < -0.39 is 0 Å². The van der Waals surface area contributed by atoms with Gasteiger partial charge >= 0.3 is 0 Å². The Labute approximate surface area is 162 Å². The van der Waals surface area contributed by atoms with E-state index in [0.717, 1.165) is 41.9 Å². The molecule has 0 radical (unpaired) electrons. The third kappa shape index (κ3) is 3.07. The summed E-state index contributed by atoms with van der Waals surface area (Å²) >= 11 is 0. The van der Waals surface area contributed by atoms with Crippen molar-refractivity contribution in [2.75, 3.05) is 6.79 Å². The second-order valence-electron chi connectivity index (χ2n) is 6.95. The Balaban J connectivity index is 1.38. The Bertz CT molecular complexity index is 1040. The zero-order valence-electron chi connectivity index (χ0n) is 15.2. The van der Waals surface area contributed by atoms with Gasteiger partial charge in [0.05, 0.1) is 6.04 Å². The van der Waals surface area contributed by atoms with Crippen molar-refractivity contribution in [2.24, 2.45) is 0 Å². The molecule has 2 heterocycles. The lowest BCUT2D eigenvalue weighted by atomic mass is 9.92. The number of fused-ring (bicyclic) bond motifs is 2. The number of aromatic nitrogens is 2. The van der Waals surface area contributed by atoms with Gasteiger partial charge in [0.2, 0.25) is 6.79 Å². The van der Waals surface area contributed by atoms with Crippen LogP contribution >= 0.6 is 0 Å². The molecular weight excluding hydrogens is 354 g/mol. The first-order valence-corrected chi connectivity index (χ1v) is 9.40. The van der Waals surface area contributed by atoms with Gasteiger partial charge in [-0.05, 0) is 37.5 Å². The van der Waals surface area contributed by atoms with E-state index in [4.69, 9.17) is 14.5 Å². The van der Waals surface area contributed by atoms with Crippen molar-refractivity contribution in [2.45, 2.75) is 25.3 Å². The highest BCUT2D eigenvalue weighted by atomic mass is 16.7. The Morgan fingerprint density at radius 1 is 1.07 bits per heavy atom. The Morgan fingerprint density at radius 3 is 2.82 bits per heavy atom. The number of hydrogen-bond donors (Lipinski definition) is 1. The van der Waals surface area contributed by atoms with Crippen LogP contribution in [0.1, 0.15) is 40.5 Å². The third-order valence-electron chi connectivity index (χ3n) is 5.15. The molecule has 1 aliphatic carbocycles. The molecule has 1 aromatic heterocycles. The molecular formula is C22H19N3O3. The van der Waals surface area contributed by atoms with E-state index in [9.17, 15) is 4.79 Å². The van der Waals surface area contributed by atoms with Gasteiger partial charge < -0.3 is 14.8 Å². The summed E-state index contributed by atoms with van der Waals surface area (Å²) in [5.74, 6) is 1.86. The number of rotatable bonds is 3. The number of amides is 1. The van der Waals surface area contributed by atoms with Gasteiger partial charge in [-0.15, -0.1) is 0 Å². The molecule has 0 spiro atoms. The monoisotopic (exact) mass is 373 g/mol. The minimum Gasteiger partial charge on any atom is -0.454 e. The fraction of sp³-hybridized carbons (Fsp3) is 0.227. The number of ether oxygens (including phenoxy) is 2. The standard InChI is InChI=1S/C22H19N3O3/c26-22(15-9-10-19-20(11-15)28-13-27-19)25-18-8-4-7-17-16(18)12-23-21(24-17)14-5-2-1-3-6-14/h1-3,5-6,9-12,18H,4,7-8,13H2,(H,25,26)/t18-/m1/s1. The van der Waals surface area contributed by atoms with Crippen LogP contribution in [0.15, 0.2) is 54.7 Å². The van der Waals surface area contributed by atoms with E-state index in [1.807, 2.05) is 36.5 Å². The highest BCUT2D eigenvalue weighted by Gasteiger charge is 2.25. The maximum Gasteiger partial charge on any atom is 0.251 e. The molecule has 0 saturated heterocycles. The number of benzene rings is 2. The van der Waals surface area contributed by atoms with E-state index >= 15 is 0 Å². The van der Waals surface area contributed by atoms with Crippen LogP contribution in [0.2, 0.25) is 0 Å². The molecule has 28 heavy (non-hydrogen) atoms. The minimum absolute atomic E-state index is 0.0912. The van der Waals surface area contributed by atoms with Crippen molar-refractivity contribution < 1.29 is 14.3 Å². The summed E-state index contributed by atoms with van der Waals surface area (Å²) in [5, 5.41) is 3.13. The summed E-state index contributed by atoms with van der Waals surface area (Å²) in [5.41, 5.74) is 3.56. The Morgan fingerprint density at radius 2 is 1.93 bits per heavy atom. The highest BCUT2D eigenvalue weighted by Crippen LogP contribution is 2.33. The van der Waals surface area contributed by atoms with E-state index in [1.165, 1.54) is 0 Å². The van der Waals surface area contributed by atoms with Crippen LogP contribution in [-0.2, 0) is 6.42 Å². The van der Waals surface area contributed by atoms with Gasteiger partial charge in [0.25, 0.3) is 5.91 Å². The topological polar surface area (TPSA) is 73.3 Å². The van der Waals surface area contributed by atoms with Crippen LogP contribution in [-0.4, -0.2) is 22.7 Å². The van der Waals surface area contributed by atoms with Crippen molar-refractivity contribution in [3.63, 3.8) is 0 Å². The molecule has 0 unspecified atom stereocenters. The van der Waals surface area contributed by atoms with Crippen molar-refractivity contribution in [1.82, 2.24) is 15.3 Å². The van der Waals surface area contributed by atoms with Crippen LogP contribution in [0, 0.1) is 0 Å². The summed E-state index contributed by atoms with van der Waals surface area (Å²) in [7, 11) is 0. The van der Waals surface area contributed by atoms with Crippen LogP contribution in [0.3, 0.4) is 0 Å². The molecule has 0 bridgehead atoms. The van der Waals surface area contributed by atoms with Crippen molar-refractivity contribution in [3.05, 3.63) is 71.5 Å². The van der Waals surface area contributed by atoms with Crippen LogP contribution in [0.4, 0.5) is 0 Å². The van der Waals surface area contributed by atoms with Crippen molar-refractivity contribution in [3.8, 4) is 22.9 Å². The normalized spacial score (nSPS) is 17.1. The summed E-state index contributed by atoms with van der Waals surface area (Å²) in [6, 6.07) is 15.1. The smallest absolute Gasteiger partial charge is 0.251 e. The predicted molar refractivity (Wildman–Crippen MR) is 103 cm³/mol. The Hall–Kier alpha value is -3.41. The summed E-state index contributed by atoms with van der Waals surface area (Å²) < 4.78 is 10.7. The van der Waals surface area contributed by atoms with E-state index in [1.54, 1.807) is 18.2 Å². The number of carbonyl (C=O) groups is 1. The van der Waals surface area contributed by atoms with Gasteiger partial charge in [-0.2, -0.15) is 0 Å². The molecule has 3 aromatic rings. The molecule has 0 fully saturated rings. The molecule has 1 atom stereocenters. The average molecular weight is 373 g/mol. The van der Waals surface area contributed by atoms with Gasteiger partial charge in [-0.3, -0.25) is 4.79 Å². The fourth-order valence-electron chi connectivity index (χ4n) is 3.70. The van der Waals surface area contributed by atoms with E-state index in [2.05, 4.69) is 10.3 Å². The molecule has 0 saturated carbocycles. The first kappa shape index (κ1) is 16.7. The van der Waals surface area contributed by atoms with Gasteiger partial charge in [-0.1, -0.05) is 30.3 Å². The van der Waals surface area contributed by atoms with E-state index in [-0.39, 0.29) is 18.7 Å². The number of hydrogen-bond acceptors (Lipinski definition) is 5. The molecule has 6 heteroatoms. The number of carbonyl (C=O) groups excluding carboxylic acids is 1.